The first-order valence-electron chi connectivity index (χ1n) is 8.41. The second-order valence-corrected chi connectivity index (χ2v) is 6.68. The lowest BCUT2D eigenvalue weighted by atomic mass is 10.2. The van der Waals surface area contributed by atoms with Crippen molar-refractivity contribution < 1.29 is 4.79 Å². The highest BCUT2D eigenvalue weighted by Gasteiger charge is 2.15. The Kier molecular flexibility index (Phi) is 7.24. The predicted octanol–water partition coefficient (Wildman–Crippen LogP) is 3.15. The number of thioether (sulfide) groups is 1. The maximum atomic E-state index is 12.0. The topological polar surface area (TPSA) is 72.7 Å². The van der Waals surface area contributed by atoms with Crippen molar-refractivity contribution in [1.29, 1.82) is 0 Å². The summed E-state index contributed by atoms with van der Waals surface area (Å²) in [5, 5.41) is 12.4. The van der Waals surface area contributed by atoms with Crippen LogP contribution in [0.25, 0.3) is 11.4 Å². The van der Waals surface area contributed by atoms with Gasteiger partial charge in [0, 0.05) is 30.5 Å². The average molecular weight is 347 g/mol. The van der Waals surface area contributed by atoms with Crippen LogP contribution in [0.5, 0.6) is 0 Å². The Morgan fingerprint density at radius 1 is 1.25 bits per heavy atom. The monoisotopic (exact) mass is 347 g/mol. The van der Waals surface area contributed by atoms with E-state index in [1.165, 1.54) is 11.8 Å². The number of pyridine rings is 1. The van der Waals surface area contributed by atoms with Crippen LogP contribution in [0, 0.1) is 0 Å². The largest absolute Gasteiger partial charge is 0.353 e. The Labute approximate surface area is 147 Å². The quantitative estimate of drug-likeness (QED) is 0.706. The van der Waals surface area contributed by atoms with Gasteiger partial charge < -0.3 is 9.88 Å². The molecule has 0 aliphatic heterocycles. The first-order chi connectivity index (χ1) is 11.7. The van der Waals surface area contributed by atoms with Crippen molar-refractivity contribution in [3.63, 3.8) is 0 Å². The Morgan fingerprint density at radius 2 is 2.00 bits per heavy atom. The Bertz CT molecular complexity index is 644. The molecule has 0 radical (unpaired) electrons. The Balaban J connectivity index is 2.05. The molecule has 0 aromatic carbocycles. The van der Waals surface area contributed by atoms with Gasteiger partial charge in [-0.15, -0.1) is 10.2 Å². The summed E-state index contributed by atoms with van der Waals surface area (Å²) in [5.74, 6) is 1.21. The summed E-state index contributed by atoms with van der Waals surface area (Å²) < 4.78 is 2.07. The van der Waals surface area contributed by atoms with Gasteiger partial charge in [0.1, 0.15) is 0 Å². The number of aromatic nitrogens is 4. The van der Waals surface area contributed by atoms with Gasteiger partial charge in [0.05, 0.1) is 5.75 Å². The SMILES string of the molecule is CCCC(C)NC(=O)CSc1nnc(-c2ccncc2)n1CCC. The lowest BCUT2D eigenvalue weighted by molar-refractivity contribution is -0.119. The van der Waals surface area contributed by atoms with Gasteiger partial charge in [-0.25, -0.2) is 0 Å². The number of hydrogen-bond acceptors (Lipinski definition) is 5. The third-order valence-corrected chi connectivity index (χ3v) is 4.53. The van der Waals surface area contributed by atoms with Crippen LogP contribution in [0.4, 0.5) is 0 Å². The van der Waals surface area contributed by atoms with Crippen LogP contribution in [-0.2, 0) is 11.3 Å². The molecule has 0 spiro atoms. The molecule has 2 aromatic rings. The number of nitrogens with zero attached hydrogens (tertiary/aromatic N) is 4. The fourth-order valence-corrected chi connectivity index (χ4v) is 3.26. The molecule has 0 bridgehead atoms. The van der Waals surface area contributed by atoms with Crippen LogP contribution in [0.3, 0.4) is 0 Å². The lowest BCUT2D eigenvalue weighted by Crippen LogP contribution is -2.33. The highest BCUT2D eigenvalue weighted by Crippen LogP contribution is 2.23. The van der Waals surface area contributed by atoms with E-state index in [1.807, 2.05) is 19.1 Å². The fraction of sp³-hybridized carbons (Fsp3) is 0.529. The maximum Gasteiger partial charge on any atom is 0.230 e. The minimum atomic E-state index is 0.0393. The number of hydrogen-bond donors (Lipinski definition) is 1. The van der Waals surface area contributed by atoms with Crippen LogP contribution in [0.15, 0.2) is 29.7 Å². The number of rotatable bonds is 9. The van der Waals surface area contributed by atoms with E-state index in [2.05, 4.69) is 38.9 Å². The number of carbonyl (C=O) groups excluding carboxylic acids is 1. The van der Waals surface area contributed by atoms with Gasteiger partial charge in [0.25, 0.3) is 0 Å². The van der Waals surface area contributed by atoms with E-state index < -0.39 is 0 Å². The molecular weight excluding hydrogens is 322 g/mol. The minimum absolute atomic E-state index is 0.0393. The number of nitrogens with one attached hydrogen (secondary N) is 1. The zero-order chi connectivity index (χ0) is 17.4. The van der Waals surface area contributed by atoms with Gasteiger partial charge in [0.2, 0.25) is 5.91 Å². The smallest absolute Gasteiger partial charge is 0.230 e. The zero-order valence-corrected chi connectivity index (χ0v) is 15.3. The molecule has 2 heterocycles. The molecule has 0 fully saturated rings. The molecule has 0 saturated heterocycles. The van der Waals surface area contributed by atoms with E-state index in [1.54, 1.807) is 12.4 Å². The number of amides is 1. The van der Waals surface area contributed by atoms with Crippen molar-refractivity contribution in [3.8, 4) is 11.4 Å². The summed E-state index contributed by atoms with van der Waals surface area (Å²) in [6.07, 6.45) is 6.53. The van der Waals surface area contributed by atoms with Crippen molar-refractivity contribution in [2.24, 2.45) is 0 Å². The van der Waals surface area contributed by atoms with E-state index in [0.717, 1.165) is 42.4 Å². The highest BCUT2D eigenvalue weighted by molar-refractivity contribution is 7.99. The van der Waals surface area contributed by atoms with Crippen molar-refractivity contribution in [1.82, 2.24) is 25.1 Å². The van der Waals surface area contributed by atoms with Crippen LogP contribution in [-0.4, -0.2) is 37.5 Å². The van der Waals surface area contributed by atoms with Crippen molar-refractivity contribution in [3.05, 3.63) is 24.5 Å². The van der Waals surface area contributed by atoms with E-state index in [-0.39, 0.29) is 11.9 Å². The van der Waals surface area contributed by atoms with Crippen molar-refractivity contribution in [2.45, 2.75) is 57.8 Å². The molecule has 1 unspecified atom stereocenters. The molecule has 2 rings (SSSR count). The molecule has 0 aliphatic rings. The zero-order valence-electron chi connectivity index (χ0n) is 14.5. The normalized spacial score (nSPS) is 12.1. The van der Waals surface area contributed by atoms with E-state index in [4.69, 9.17) is 0 Å². The third kappa shape index (κ3) is 5.06. The maximum absolute atomic E-state index is 12.0. The minimum Gasteiger partial charge on any atom is -0.353 e. The molecule has 1 amide bonds. The number of carbonyl (C=O) groups is 1. The van der Waals surface area contributed by atoms with E-state index >= 15 is 0 Å². The molecule has 6 nitrogen and oxygen atoms in total. The third-order valence-electron chi connectivity index (χ3n) is 3.56. The van der Waals surface area contributed by atoms with Gasteiger partial charge in [-0.1, -0.05) is 32.0 Å². The van der Waals surface area contributed by atoms with E-state index in [0.29, 0.717) is 5.75 Å². The van der Waals surface area contributed by atoms with Gasteiger partial charge >= 0.3 is 0 Å². The molecule has 0 aliphatic carbocycles. The molecule has 7 heteroatoms. The molecule has 0 saturated carbocycles. The summed E-state index contributed by atoms with van der Waals surface area (Å²) in [5.41, 5.74) is 0.985. The summed E-state index contributed by atoms with van der Waals surface area (Å²) >= 11 is 1.43. The standard InChI is InChI=1S/C17H25N5OS/c1-4-6-13(3)19-15(23)12-24-17-21-20-16(22(17)11-5-2)14-7-9-18-10-8-14/h7-10,13H,4-6,11-12H2,1-3H3,(H,19,23). The molecule has 24 heavy (non-hydrogen) atoms. The highest BCUT2D eigenvalue weighted by atomic mass is 32.2. The van der Waals surface area contributed by atoms with Gasteiger partial charge in [-0.2, -0.15) is 0 Å². The van der Waals surface area contributed by atoms with Gasteiger partial charge in [0.15, 0.2) is 11.0 Å². The van der Waals surface area contributed by atoms with Crippen LogP contribution in [0.2, 0.25) is 0 Å². The van der Waals surface area contributed by atoms with E-state index in [9.17, 15) is 4.79 Å². The second kappa shape index (κ2) is 9.42. The van der Waals surface area contributed by atoms with Crippen LogP contribution < -0.4 is 5.32 Å². The molecule has 2 aromatic heterocycles. The molecular formula is C17H25N5OS. The lowest BCUT2D eigenvalue weighted by Gasteiger charge is -2.12. The van der Waals surface area contributed by atoms with Crippen LogP contribution >= 0.6 is 11.8 Å². The summed E-state index contributed by atoms with van der Waals surface area (Å²) in [6.45, 7) is 7.09. The first kappa shape index (κ1) is 18.4. The van der Waals surface area contributed by atoms with Crippen molar-refractivity contribution in [2.75, 3.05) is 5.75 Å². The first-order valence-corrected chi connectivity index (χ1v) is 9.40. The Hall–Kier alpha value is -1.89. The van der Waals surface area contributed by atoms with Gasteiger partial charge in [-0.3, -0.25) is 9.78 Å². The van der Waals surface area contributed by atoms with Crippen molar-refractivity contribution >= 4 is 17.7 Å². The second-order valence-electron chi connectivity index (χ2n) is 5.74. The molecule has 1 N–H and O–H groups in total. The molecule has 1 atom stereocenters. The fourth-order valence-electron chi connectivity index (χ4n) is 2.49. The summed E-state index contributed by atoms with van der Waals surface area (Å²) in [4.78, 5) is 16.1. The molecule has 130 valence electrons. The average Bonchev–Trinajstić information content (AvgIpc) is 2.97. The summed E-state index contributed by atoms with van der Waals surface area (Å²) in [7, 11) is 0. The predicted molar refractivity (Wildman–Crippen MR) is 96.8 cm³/mol. The van der Waals surface area contributed by atoms with Crippen LogP contribution in [0.1, 0.15) is 40.0 Å². The Morgan fingerprint density at radius 3 is 2.67 bits per heavy atom. The summed E-state index contributed by atoms with van der Waals surface area (Å²) in [6, 6.07) is 4.05. The van der Waals surface area contributed by atoms with Gasteiger partial charge in [-0.05, 0) is 31.9 Å².